The molecule has 0 aromatic heterocycles. The SMILES string of the molecule is Cc1cc(C)c(C(=O)CN2CCOCC2CO)c(C)c1. The normalized spacial score (nSPS) is 20.1. The number of carbonyl (C=O) groups is 1. The highest BCUT2D eigenvalue weighted by Crippen LogP contribution is 2.18. The lowest BCUT2D eigenvalue weighted by molar-refractivity contribution is -0.0240. The molecule has 4 heteroatoms. The number of carbonyl (C=O) groups excluding carboxylic acids is 1. The van der Waals surface area contributed by atoms with Crippen molar-refractivity contribution in [2.24, 2.45) is 0 Å². The van der Waals surface area contributed by atoms with Crippen LogP contribution in [0.3, 0.4) is 0 Å². The third-order valence-electron chi connectivity index (χ3n) is 3.86. The molecule has 1 aliphatic heterocycles. The molecular formula is C16H23NO3. The first-order chi connectivity index (χ1) is 9.52. The Morgan fingerprint density at radius 3 is 2.60 bits per heavy atom. The quantitative estimate of drug-likeness (QED) is 0.847. The van der Waals surface area contributed by atoms with Crippen molar-refractivity contribution in [3.05, 3.63) is 34.4 Å². The smallest absolute Gasteiger partial charge is 0.177 e. The van der Waals surface area contributed by atoms with Gasteiger partial charge in [-0.15, -0.1) is 0 Å². The molecule has 20 heavy (non-hydrogen) atoms. The second kappa shape index (κ2) is 6.48. The molecule has 1 aromatic carbocycles. The van der Waals surface area contributed by atoms with E-state index in [-0.39, 0.29) is 18.4 Å². The van der Waals surface area contributed by atoms with Gasteiger partial charge in [0, 0.05) is 12.1 Å². The molecule has 1 heterocycles. The second-order valence-electron chi connectivity index (χ2n) is 5.58. The molecule has 0 bridgehead atoms. The summed E-state index contributed by atoms with van der Waals surface area (Å²) < 4.78 is 5.34. The average molecular weight is 277 g/mol. The molecule has 1 saturated heterocycles. The van der Waals surface area contributed by atoms with Crippen LogP contribution in [-0.4, -0.2) is 54.7 Å². The van der Waals surface area contributed by atoms with E-state index in [0.717, 1.165) is 16.7 Å². The Balaban J connectivity index is 2.16. The Morgan fingerprint density at radius 2 is 2.00 bits per heavy atom. The zero-order valence-electron chi connectivity index (χ0n) is 12.5. The fourth-order valence-corrected chi connectivity index (χ4v) is 2.95. The Hall–Kier alpha value is -1.23. The van der Waals surface area contributed by atoms with Crippen LogP contribution in [0.1, 0.15) is 27.0 Å². The molecule has 0 amide bonds. The van der Waals surface area contributed by atoms with Crippen LogP contribution in [0.2, 0.25) is 0 Å². The highest BCUT2D eigenvalue weighted by Gasteiger charge is 2.25. The number of morpholine rings is 1. The van der Waals surface area contributed by atoms with E-state index in [0.29, 0.717) is 26.3 Å². The molecule has 0 saturated carbocycles. The standard InChI is InChI=1S/C16H23NO3/c1-11-6-12(2)16(13(3)7-11)15(19)8-17-4-5-20-10-14(17)9-18/h6-7,14,18H,4-5,8-10H2,1-3H3. The molecule has 1 aromatic rings. The van der Waals surface area contributed by atoms with Crippen molar-refractivity contribution in [3.63, 3.8) is 0 Å². The fourth-order valence-electron chi connectivity index (χ4n) is 2.95. The summed E-state index contributed by atoms with van der Waals surface area (Å²) in [4.78, 5) is 14.6. The van der Waals surface area contributed by atoms with Crippen LogP contribution in [0.4, 0.5) is 0 Å². The summed E-state index contributed by atoms with van der Waals surface area (Å²) in [5.41, 5.74) is 4.05. The largest absolute Gasteiger partial charge is 0.395 e. The van der Waals surface area contributed by atoms with Gasteiger partial charge in [0.25, 0.3) is 0 Å². The Labute approximate surface area is 120 Å². The van der Waals surface area contributed by atoms with Gasteiger partial charge in [0.1, 0.15) is 0 Å². The molecule has 1 N–H and O–H groups in total. The predicted molar refractivity (Wildman–Crippen MR) is 78.2 cm³/mol. The monoisotopic (exact) mass is 277 g/mol. The van der Waals surface area contributed by atoms with Gasteiger partial charge in [0.2, 0.25) is 0 Å². The number of aliphatic hydroxyl groups excluding tert-OH is 1. The van der Waals surface area contributed by atoms with Crippen molar-refractivity contribution in [2.45, 2.75) is 26.8 Å². The van der Waals surface area contributed by atoms with Crippen LogP contribution >= 0.6 is 0 Å². The summed E-state index contributed by atoms with van der Waals surface area (Å²) in [6, 6.07) is 4.02. The zero-order valence-corrected chi connectivity index (χ0v) is 12.5. The van der Waals surface area contributed by atoms with Crippen molar-refractivity contribution in [3.8, 4) is 0 Å². The van der Waals surface area contributed by atoms with E-state index in [2.05, 4.69) is 0 Å². The van der Waals surface area contributed by atoms with Crippen LogP contribution in [0.5, 0.6) is 0 Å². The third kappa shape index (κ3) is 3.26. The molecule has 0 spiro atoms. The molecule has 1 fully saturated rings. The summed E-state index contributed by atoms with van der Waals surface area (Å²) in [6.45, 7) is 8.19. The topological polar surface area (TPSA) is 49.8 Å². The Kier molecular flexibility index (Phi) is 4.91. The van der Waals surface area contributed by atoms with Gasteiger partial charge in [-0.3, -0.25) is 9.69 Å². The lowest BCUT2D eigenvalue weighted by Crippen LogP contribution is -2.49. The number of hydrogen-bond acceptors (Lipinski definition) is 4. The Morgan fingerprint density at radius 1 is 1.35 bits per heavy atom. The number of ketones is 1. The molecule has 110 valence electrons. The van der Waals surface area contributed by atoms with Gasteiger partial charge in [0.05, 0.1) is 32.4 Å². The van der Waals surface area contributed by atoms with E-state index < -0.39 is 0 Å². The maximum Gasteiger partial charge on any atom is 0.177 e. The van der Waals surface area contributed by atoms with Crippen LogP contribution in [0.15, 0.2) is 12.1 Å². The van der Waals surface area contributed by atoms with E-state index in [9.17, 15) is 9.90 Å². The lowest BCUT2D eigenvalue weighted by atomic mass is 9.96. The summed E-state index contributed by atoms with van der Waals surface area (Å²) in [7, 11) is 0. The maximum absolute atomic E-state index is 12.6. The number of aliphatic hydroxyl groups is 1. The summed E-state index contributed by atoms with van der Waals surface area (Å²) in [6.07, 6.45) is 0. The van der Waals surface area contributed by atoms with E-state index in [1.807, 2.05) is 37.8 Å². The van der Waals surface area contributed by atoms with Gasteiger partial charge >= 0.3 is 0 Å². The summed E-state index contributed by atoms with van der Waals surface area (Å²) in [5, 5.41) is 9.36. The number of rotatable bonds is 4. The van der Waals surface area contributed by atoms with E-state index in [1.165, 1.54) is 5.56 Å². The van der Waals surface area contributed by atoms with Crippen molar-refractivity contribution in [1.29, 1.82) is 0 Å². The average Bonchev–Trinajstić information content (AvgIpc) is 2.38. The van der Waals surface area contributed by atoms with Gasteiger partial charge in [-0.25, -0.2) is 0 Å². The summed E-state index contributed by atoms with van der Waals surface area (Å²) in [5.74, 6) is 0.125. The minimum absolute atomic E-state index is 0.0269. The minimum atomic E-state index is -0.0706. The maximum atomic E-state index is 12.6. The Bertz CT molecular complexity index is 475. The van der Waals surface area contributed by atoms with Crippen LogP contribution in [0.25, 0.3) is 0 Å². The molecule has 1 unspecified atom stereocenters. The van der Waals surface area contributed by atoms with Gasteiger partial charge < -0.3 is 9.84 Å². The van der Waals surface area contributed by atoms with Crippen molar-refractivity contribution in [2.75, 3.05) is 32.9 Å². The van der Waals surface area contributed by atoms with Crippen molar-refractivity contribution in [1.82, 2.24) is 4.90 Å². The van der Waals surface area contributed by atoms with Gasteiger partial charge in [-0.05, 0) is 31.9 Å². The second-order valence-corrected chi connectivity index (χ2v) is 5.58. The van der Waals surface area contributed by atoms with Gasteiger partial charge in [-0.2, -0.15) is 0 Å². The van der Waals surface area contributed by atoms with E-state index in [4.69, 9.17) is 4.74 Å². The summed E-state index contributed by atoms with van der Waals surface area (Å²) >= 11 is 0. The lowest BCUT2D eigenvalue weighted by Gasteiger charge is -2.34. The highest BCUT2D eigenvalue weighted by atomic mass is 16.5. The molecule has 4 nitrogen and oxygen atoms in total. The molecule has 0 aliphatic carbocycles. The van der Waals surface area contributed by atoms with E-state index in [1.54, 1.807) is 0 Å². The highest BCUT2D eigenvalue weighted by molar-refractivity contribution is 6.00. The number of Topliss-reactive ketones (excluding diaryl/α,β-unsaturated/α-hetero) is 1. The number of aryl methyl sites for hydroxylation is 3. The first kappa shape index (κ1) is 15.2. The van der Waals surface area contributed by atoms with Crippen LogP contribution in [-0.2, 0) is 4.74 Å². The molecule has 2 rings (SSSR count). The van der Waals surface area contributed by atoms with Crippen molar-refractivity contribution < 1.29 is 14.6 Å². The molecule has 1 aliphatic rings. The van der Waals surface area contributed by atoms with E-state index >= 15 is 0 Å². The predicted octanol–water partition coefficient (Wildman–Crippen LogP) is 1.49. The number of ether oxygens (including phenoxy) is 1. The van der Waals surface area contributed by atoms with Crippen LogP contribution < -0.4 is 0 Å². The number of hydrogen-bond donors (Lipinski definition) is 1. The van der Waals surface area contributed by atoms with Gasteiger partial charge in [0.15, 0.2) is 5.78 Å². The molecule has 1 atom stereocenters. The third-order valence-corrected chi connectivity index (χ3v) is 3.86. The first-order valence-electron chi connectivity index (χ1n) is 7.06. The zero-order chi connectivity index (χ0) is 14.7. The molecular weight excluding hydrogens is 254 g/mol. The minimum Gasteiger partial charge on any atom is -0.395 e. The van der Waals surface area contributed by atoms with Gasteiger partial charge in [-0.1, -0.05) is 17.7 Å². The van der Waals surface area contributed by atoms with Crippen LogP contribution in [0, 0.1) is 20.8 Å². The number of benzene rings is 1. The number of nitrogens with zero attached hydrogens (tertiary/aromatic N) is 1. The first-order valence-corrected chi connectivity index (χ1v) is 7.06. The fraction of sp³-hybridized carbons (Fsp3) is 0.562. The molecule has 0 radical (unpaired) electrons. The van der Waals surface area contributed by atoms with Crippen molar-refractivity contribution >= 4 is 5.78 Å².